The number of nitrogens with zero attached hydrogens (tertiary/aromatic N) is 1. The standard InChI is InChI=1S/C15H13NOS/c1-10(17)11-6-2-3-7-12(11)15-16-13-8-4-5-9-14(13)18-15/h2-10,17H,1H3. The van der Waals surface area contributed by atoms with E-state index >= 15 is 0 Å². The summed E-state index contributed by atoms with van der Waals surface area (Å²) in [5.41, 5.74) is 2.96. The van der Waals surface area contributed by atoms with Gasteiger partial charge in [0.25, 0.3) is 0 Å². The Morgan fingerprint density at radius 2 is 1.78 bits per heavy atom. The third-order valence-corrected chi connectivity index (χ3v) is 4.00. The lowest BCUT2D eigenvalue weighted by Crippen LogP contribution is -1.94. The normalized spacial score (nSPS) is 12.8. The highest BCUT2D eigenvalue weighted by Gasteiger charge is 2.12. The fraction of sp³-hybridized carbons (Fsp3) is 0.133. The maximum absolute atomic E-state index is 9.82. The summed E-state index contributed by atoms with van der Waals surface area (Å²) in [6.07, 6.45) is -0.479. The molecule has 3 rings (SSSR count). The van der Waals surface area contributed by atoms with Gasteiger partial charge >= 0.3 is 0 Å². The Balaban J connectivity index is 2.20. The Morgan fingerprint density at radius 3 is 2.56 bits per heavy atom. The molecule has 1 atom stereocenters. The van der Waals surface area contributed by atoms with Crippen molar-refractivity contribution in [2.24, 2.45) is 0 Å². The molecule has 18 heavy (non-hydrogen) atoms. The van der Waals surface area contributed by atoms with Crippen molar-refractivity contribution in [1.82, 2.24) is 4.98 Å². The number of aliphatic hydroxyl groups excluding tert-OH is 1. The molecule has 0 radical (unpaired) electrons. The smallest absolute Gasteiger partial charge is 0.124 e. The fourth-order valence-electron chi connectivity index (χ4n) is 2.04. The van der Waals surface area contributed by atoms with Crippen LogP contribution in [0.1, 0.15) is 18.6 Å². The summed E-state index contributed by atoms with van der Waals surface area (Å²) in [4.78, 5) is 4.63. The molecule has 0 amide bonds. The van der Waals surface area contributed by atoms with E-state index in [0.29, 0.717) is 0 Å². The minimum atomic E-state index is -0.479. The van der Waals surface area contributed by atoms with Gasteiger partial charge in [0.05, 0.1) is 16.3 Å². The first-order chi connectivity index (χ1) is 8.75. The van der Waals surface area contributed by atoms with Crippen LogP contribution in [0.5, 0.6) is 0 Å². The second-order valence-corrected chi connectivity index (χ2v) is 5.28. The molecule has 0 aliphatic carbocycles. The quantitative estimate of drug-likeness (QED) is 0.750. The second kappa shape index (κ2) is 4.52. The van der Waals surface area contributed by atoms with Crippen LogP contribution in [0.4, 0.5) is 0 Å². The molecular weight excluding hydrogens is 242 g/mol. The largest absolute Gasteiger partial charge is 0.389 e. The summed E-state index contributed by atoms with van der Waals surface area (Å²) in [5, 5.41) is 10.8. The summed E-state index contributed by atoms with van der Waals surface area (Å²) >= 11 is 1.66. The highest BCUT2D eigenvalue weighted by Crippen LogP contribution is 2.34. The third-order valence-electron chi connectivity index (χ3n) is 2.94. The van der Waals surface area contributed by atoms with Crippen LogP contribution in [0.25, 0.3) is 20.8 Å². The molecule has 0 bridgehead atoms. The molecular formula is C15H13NOS. The SMILES string of the molecule is CC(O)c1ccccc1-c1nc2ccccc2s1. The van der Waals surface area contributed by atoms with Crippen molar-refractivity contribution in [2.45, 2.75) is 13.0 Å². The van der Waals surface area contributed by atoms with Gasteiger partial charge in [0.2, 0.25) is 0 Å². The van der Waals surface area contributed by atoms with Crippen LogP contribution in [-0.4, -0.2) is 10.1 Å². The number of hydrogen-bond acceptors (Lipinski definition) is 3. The van der Waals surface area contributed by atoms with Gasteiger partial charge in [-0.25, -0.2) is 4.98 Å². The van der Waals surface area contributed by atoms with E-state index in [2.05, 4.69) is 11.1 Å². The maximum atomic E-state index is 9.82. The van der Waals surface area contributed by atoms with Crippen molar-refractivity contribution >= 4 is 21.6 Å². The molecule has 1 heterocycles. The number of benzene rings is 2. The van der Waals surface area contributed by atoms with Gasteiger partial charge in [-0.2, -0.15) is 0 Å². The summed E-state index contributed by atoms with van der Waals surface area (Å²) in [5.74, 6) is 0. The van der Waals surface area contributed by atoms with E-state index in [0.717, 1.165) is 21.7 Å². The summed E-state index contributed by atoms with van der Waals surface area (Å²) < 4.78 is 1.17. The molecule has 1 unspecified atom stereocenters. The Bertz CT molecular complexity index is 655. The van der Waals surface area contributed by atoms with Gasteiger partial charge in [0.1, 0.15) is 5.01 Å². The Labute approximate surface area is 110 Å². The first kappa shape index (κ1) is 11.4. The number of rotatable bonds is 2. The Hall–Kier alpha value is -1.71. The predicted molar refractivity (Wildman–Crippen MR) is 75.7 cm³/mol. The van der Waals surface area contributed by atoms with Gasteiger partial charge in [0.15, 0.2) is 0 Å². The lowest BCUT2D eigenvalue weighted by atomic mass is 10.0. The average molecular weight is 255 g/mol. The maximum Gasteiger partial charge on any atom is 0.124 e. The van der Waals surface area contributed by atoms with Crippen molar-refractivity contribution in [2.75, 3.05) is 0 Å². The van der Waals surface area contributed by atoms with Gasteiger partial charge in [-0.1, -0.05) is 36.4 Å². The number of aliphatic hydroxyl groups is 1. The van der Waals surface area contributed by atoms with Gasteiger partial charge in [0, 0.05) is 5.56 Å². The van der Waals surface area contributed by atoms with E-state index < -0.39 is 6.10 Å². The van der Waals surface area contributed by atoms with Crippen LogP contribution in [-0.2, 0) is 0 Å². The Morgan fingerprint density at radius 1 is 1.06 bits per heavy atom. The Kier molecular flexibility index (Phi) is 2.86. The number of fused-ring (bicyclic) bond motifs is 1. The van der Waals surface area contributed by atoms with E-state index in [4.69, 9.17) is 0 Å². The lowest BCUT2D eigenvalue weighted by molar-refractivity contribution is 0.200. The van der Waals surface area contributed by atoms with E-state index in [1.807, 2.05) is 42.5 Å². The molecule has 2 aromatic carbocycles. The van der Waals surface area contributed by atoms with Crippen LogP contribution in [0.3, 0.4) is 0 Å². The number of aromatic nitrogens is 1. The van der Waals surface area contributed by atoms with Gasteiger partial charge in [-0.3, -0.25) is 0 Å². The van der Waals surface area contributed by atoms with Crippen molar-refractivity contribution in [1.29, 1.82) is 0 Å². The third kappa shape index (κ3) is 1.92. The first-order valence-corrected chi connectivity index (χ1v) is 6.70. The van der Waals surface area contributed by atoms with E-state index in [9.17, 15) is 5.11 Å². The van der Waals surface area contributed by atoms with Crippen molar-refractivity contribution in [3.63, 3.8) is 0 Å². The molecule has 0 saturated carbocycles. The highest BCUT2D eigenvalue weighted by atomic mass is 32.1. The van der Waals surface area contributed by atoms with Crippen LogP contribution in [0, 0.1) is 0 Å². The van der Waals surface area contributed by atoms with Gasteiger partial charge < -0.3 is 5.11 Å². The molecule has 3 aromatic rings. The number of thiazole rings is 1. The second-order valence-electron chi connectivity index (χ2n) is 4.25. The molecule has 2 nitrogen and oxygen atoms in total. The highest BCUT2D eigenvalue weighted by molar-refractivity contribution is 7.21. The van der Waals surface area contributed by atoms with Crippen molar-refractivity contribution in [3.05, 3.63) is 54.1 Å². The van der Waals surface area contributed by atoms with Gasteiger partial charge in [-0.15, -0.1) is 11.3 Å². The number of para-hydroxylation sites is 1. The molecule has 3 heteroatoms. The van der Waals surface area contributed by atoms with E-state index in [1.165, 1.54) is 4.70 Å². The summed E-state index contributed by atoms with van der Waals surface area (Å²) in [6.45, 7) is 1.78. The summed E-state index contributed by atoms with van der Waals surface area (Å²) in [6, 6.07) is 16.0. The van der Waals surface area contributed by atoms with Crippen molar-refractivity contribution < 1.29 is 5.11 Å². The zero-order valence-electron chi connectivity index (χ0n) is 10.00. The zero-order valence-corrected chi connectivity index (χ0v) is 10.8. The average Bonchev–Trinajstić information content (AvgIpc) is 2.82. The fourth-order valence-corrected chi connectivity index (χ4v) is 3.06. The zero-order chi connectivity index (χ0) is 12.5. The molecule has 0 fully saturated rings. The lowest BCUT2D eigenvalue weighted by Gasteiger charge is -2.09. The molecule has 90 valence electrons. The molecule has 0 saturated heterocycles. The summed E-state index contributed by atoms with van der Waals surface area (Å²) in [7, 11) is 0. The minimum absolute atomic E-state index is 0.479. The van der Waals surface area contributed by atoms with Crippen LogP contribution in [0.15, 0.2) is 48.5 Å². The first-order valence-electron chi connectivity index (χ1n) is 5.88. The van der Waals surface area contributed by atoms with Crippen LogP contribution in [0.2, 0.25) is 0 Å². The van der Waals surface area contributed by atoms with Gasteiger partial charge in [-0.05, 0) is 24.6 Å². The number of hydrogen-bond donors (Lipinski definition) is 1. The molecule has 1 N–H and O–H groups in total. The van der Waals surface area contributed by atoms with Crippen molar-refractivity contribution in [3.8, 4) is 10.6 Å². The molecule has 0 aliphatic rings. The molecule has 1 aromatic heterocycles. The molecule has 0 aliphatic heterocycles. The van der Waals surface area contributed by atoms with E-state index in [1.54, 1.807) is 18.3 Å². The predicted octanol–water partition coefficient (Wildman–Crippen LogP) is 4.02. The minimum Gasteiger partial charge on any atom is -0.389 e. The van der Waals surface area contributed by atoms with E-state index in [-0.39, 0.29) is 0 Å². The monoisotopic (exact) mass is 255 g/mol. The van der Waals surface area contributed by atoms with Crippen LogP contribution < -0.4 is 0 Å². The van der Waals surface area contributed by atoms with Crippen LogP contribution >= 0.6 is 11.3 Å². The topological polar surface area (TPSA) is 33.1 Å². The molecule has 0 spiro atoms.